The Balaban J connectivity index is 1.66. The number of amides is 1. The van der Waals surface area contributed by atoms with Gasteiger partial charge in [-0.3, -0.25) is 9.52 Å². The van der Waals surface area contributed by atoms with Crippen molar-refractivity contribution in [1.82, 2.24) is 5.32 Å². The van der Waals surface area contributed by atoms with Crippen molar-refractivity contribution >= 4 is 33.0 Å². The molecule has 1 heterocycles. The molecule has 1 amide bonds. The van der Waals surface area contributed by atoms with Gasteiger partial charge in [-0.25, -0.2) is 17.2 Å². The molecule has 1 aromatic heterocycles. The highest BCUT2D eigenvalue weighted by atomic mass is 32.2. The number of halogens is 2. The highest BCUT2D eigenvalue weighted by Crippen LogP contribution is 2.21. The second-order valence-electron chi connectivity index (χ2n) is 6.01. The summed E-state index contributed by atoms with van der Waals surface area (Å²) in [5.41, 5.74) is 0.184. The first-order valence-corrected chi connectivity index (χ1v) is 10.7. The second-order valence-corrected chi connectivity index (χ2v) is 8.87. The van der Waals surface area contributed by atoms with Crippen LogP contribution in [0.1, 0.15) is 22.0 Å². The summed E-state index contributed by atoms with van der Waals surface area (Å²) in [7, 11) is -3.76. The van der Waals surface area contributed by atoms with E-state index in [2.05, 4.69) is 10.0 Å². The number of hydrogen-bond acceptors (Lipinski definition) is 5. The number of thiophene rings is 1. The standard InChI is InChI=1S/C19H16F2N2O4S2/c20-13-6-7-15(16(21)10-13)17(24)11-22-19(25)12-3-1-4-14(9-12)23-29(26,27)18-5-2-8-28-18/h1-10,17,23-24H,11H2,(H,22,25). The van der Waals surface area contributed by atoms with Gasteiger partial charge in [-0.1, -0.05) is 18.2 Å². The molecule has 3 N–H and O–H groups in total. The molecule has 1 unspecified atom stereocenters. The Bertz CT molecular complexity index is 1120. The average Bonchev–Trinajstić information content (AvgIpc) is 3.21. The Morgan fingerprint density at radius 2 is 1.90 bits per heavy atom. The van der Waals surface area contributed by atoms with Gasteiger partial charge in [0.2, 0.25) is 0 Å². The molecule has 0 aliphatic heterocycles. The molecule has 0 saturated carbocycles. The van der Waals surface area contributed by atoms with Crippen LogP contribution in [-0.2, 0) is 10.0 Å². The van der Waals surface area contributed by atoms with Gasteiger partial charge in [-0.15, -0.1) is 11.3 Å². The number of aliphatic hydroxyl groups excluding tert-OH is 1. The van der Waals surface area contributed by atoms with Crippen LogP contribution in [-0.4, -0.2) is 26.0 Å². The number of sulfonamides is 1. The molecule has 0 bridgehead atoms. The van der Waals surface area contributed by atoms with Crippen molar-refractivity contribution < 1.29 is 27.1 Å². The van der Waals surface area contributed by atoms with Gasteiger partial charge in [-0.2, -0.15) is 0 Å². The quantitative estimate of drug-likeness (QED) is 0.528. The lowest BCUT2D eigenvalue weighted by Gasteiger charge is -2.14. The van der Waals surface area contributed by atoms with Crippen molar-refractivity contribution in [3.63, 3.8) is 0 Å². The smallest absolute Gasteiger partial charge is 0.271 e. The highest BCUT2D eigenvalue weighted by Gasteiger charge is 2.17. The minimum Gasteiger partial charge on any atom is -0.386 e. The maximum atomic E-state index is 13.7. The van der Waals surface area contributed by atoms with Crippen LogP contribution in [0, 0.1) is 11.6 Å². The molecule has 10 heteroatoms. The fourth-order valence-corrected chi connectivity index (χ4v) is 4.56. The van der Waals surface area contributed by atoms with Crippen molar-refractivity contribution in [3.05, 3.63) is 82.7 Å². The van der Waals surface area contributed by atoms with Gasteiger partial charge in [0.25, 0.3) is 15.9 Å². The van der Waals surface area contributed by atoms with E-state index in [1.165, 1.54) is 30.3 Å². The molecule has 0 spiro atoms. The monoisotopic (exact) mass is 438 g/mol. The minimum absolute atomic E-state index is 0.136. The van der Waals surface area contributed by atoms with E-state index >= 15 is 0 Å². The van der Waals surface area contributed by atoms with E-state index in [9.17, 15) is 27.1 Å². The maximum absolute atomic E-state index is 13.7. The van der Waals surface area contributed by atoms with Crippen LogP contribution >= 0.6 is 11.3 Å². The third-order valence-electron chi connectivity index (χ3n) is 3.91. The Labute approximate surface area is 169 Å². The number of benzene rings is 2. The van der Waals surface area contributed by atoms with Gasteiger partial charge in [0, 0.05) is 29.4 Å². The number of anilines is 1. The van der Waals surface area contributed by atoms with E-state index in [0.29, 0.717) is 6.07 Å². The number of carbonyl (C=O) groups is 1. The summed E-state index contributed by atoms with van der Waals surface area (Å²) < 4.78 is 53.7. The molecular weight excluding hydrogens is 422 g/mol. The van der Waals surface area contributed by atoms with Crippen molar-refractivity contribution in [2.24, 2.45) is 0 Å². The van der Waals surface area contributed by atoms with Crippen molar-refractivity contribution in [1.29, 1.82) is 0 Å². The third-order valence-corrected chi connectivity index (χ3v) is 6.69. The molecule has 3 rings (SSSR count). The van der Waals surface area contributed by atoms with Crippen LogP contribution in [0.2, 0.25) is 0 Å². The number of carbonyl (C=O) groups excluding carboxylic acids is 1. The van der Waals surface area contributed by atoms with E-state index in [1.54, 1.807) is 11.4 Å². The van der Waals surface area contributed by atoms with Gasteiger partial charge >= 0.3 is 0 Å². The lowest BCUT2D eigenvalue weighted by molar-refractivity contribution is 0.0914. The Morgan fingerprint density at radius 1 is 1.10 bits per heavy atom. The zero-order valence-electron chi connectivity index (χ0n) is 14.8. The molecule has 0 radical (unpaired) electrons. The number of rotatable bonds is 7. The van der Waals surface area contributed by atoms with Crippen molar-refractivity contribution in [3.8, 4) is 0 Å². The summed E-state index contributed by atoms with van der Waals surface area (Å²) in [4.78, 5) is 12.3. The summed E-state index contributed by atoms with van der Waals surface area (Å²) >= 11 is 1.06. The highest BCUT2D eigenvalue weighted by molar-refractivity contribution is 7.94. The number of aliphatic hydroxyl groups is 1. The molecular formula is C19H16F2N2O4S2. The third kappa shape index (κ3) is 5.17. The van der Waals surface area contributed by atoms with E-state index in [4.69, 9.17) is 0 Å². The predicted octanol–water partition coefficient (Wildman–Crippen LogP) is 3.29. The van der Waals surface area contributed by atoms with E-state index in [1.807, 2.05) is 0 Å². The largest absolute Gasteiger partial charge is 0.386 e. The van der Waals surface area contributed by atoms with Crippen LogP contribution in [0.3, 0.4) is 0 Å². The normalized spacial score (nSPS) is 12.4. The zero-order chi connectivity index (χ0) is 21.0. The Morgan fingerprint density at radius 3 is 2.59 bits per heavy atom. The summed E-state index contributed by atoms with van der Waals surface area (Å²) in [5.74, 6) is -2.29. The second kappa shape index (κ2) is 8.68. The van der Waals surface area contributed by atoms with Gasteiger partial charge in [0.05, 0.1) is 6.10 Å². The molecule has 0 aliphatic carbocycles. The lowest BCUT2D eigenvalue weighted by Crippen LogP contribution is -2.28. The van der Waals surface area contributed by atoms with E-state index in [0.717, 1.165) is 23.5 Å². The maximum Gasteiger partial charge on any atom is 0.271 e. The molecule has 2 aromatic carbocycles. The lowest BCUT2D eigenvalue weighted by atomic mass is 10.1. The van der Waals surface area contributed by atoms with E-state index in [-0.39, 0.29) is 27.6 Å². The van der Waals surface area contributed by atoms with E-state index < -0.39 is 33.7 Å². The SMILES string of the molecule is O=C(NCC(O)c1ccc(F)cc1F)c1cccc(NS(=O)(=O)c2cccs2)c1. The fraction of sp³-hybridized carbons (Fsp3) is 0.105. The van der Waals surface area contributed by atoms with Gasteiger partial charge in [-0.05, 0) is 35.7 Å². The van der Waals surface area contributed by atoms with Crippen LogP contribution in [0.25, 0.3) is 0 Å². The average molecular weight is 438 g/mol. The Hall–Kier alpha value is -2.82. The minimum atomic E-state index is -3.76. The van der Waals surface area contributed by atoms with Crippen LogP contribution in [0.15, 0.2) is 64.2 Å². The van der Waals surface area contributed by atoms with Gasteiger partial charge in [0.15, 0.2) is 0 Å². The first-order chi connectivity index (χ1) is 13.8. The topological polar surface area (TPSA) is 95.5 Å². The number of nitrogens with one attached hydrogen (secondary N) is 2. The van der Waals surface area contributed by atoms with Crippen LogP contribution in [0.4, 0.5) is 14.5 Å². The summed E-state index contributed by atoms with van der Waals surface area (Å²) in [5, 5.41) is 14.1. The zero-order valence-corrected chi connectivity index (χ0v) is 16.4. The molecule has 0 saturated heterocycles. The molecule has 29 heavy (non-hydrogen) atoms. The van der Waals surface area contributed by atoms with Crippen LogP contribution in [0.5, 0.6) is 0 Å². The molecule has 3 aromatic rings. The molecule has 0 aliphatic rings. The summed E-state index contributed by atoms with van der Waals surface area (Å²) in [6, 6.07) is 11.6. The fourth-order valence-electron chi connectivity index (χ4n) is 2.52. The van der Waals surface area contributed by atoms with Crippen molar-refractivity contribution in [2.75, 3.05) is 11.3 Å². The predicted molar refractivity (Wildman–Crippen MR) is 105 cm³/mol. The Kier molecular flexibility index (Phi) is 6.26. The summed E-state index contributed by atoms with van der Waals surface area (Å²) in [6.07, 6.45) is -1.37. The first kappa shape index (κ1) is 20.9. The number of hydrogen-bond donors (Lipinski definition) is 3. The van der Waals surface area contributed by atoms with Gasteiger partial charge in [0.1, 0.15) is 15.8 Å². The van der Waals surface area contributed by atoms with Crippen LogP contribution < -0.4 is 10.0 Å². The molecule has 0 fully saturated rings. The van der Waals surface area contributed by atoms with Crippen molar-refractivity contribution in [2.45, 2.75) is 10.3 Å². The first-order valence-electron chi connectivity index (χ1n) is 8.34. The summed E-state index contributed by atoms with van der Waals surface area (Å²) in [6.45, 7) is -0.313. The van der Waals surface area contributed by atoms with Gasteiger partial charge < -0.3 is 10.4 Å². The molecule has 152 valence electrons. The molecule has 6 nitrogen and oxygen atoms in total. The molecule has 1 atom stereocenters.